The minimum atomic E-state index is -3.62. The van der Waals surface area contributed by atoms with Crippen molar-refractivity contribution in [2.75, 3.05) is 11.9 Å². The van der Waals surface area contributed by atoms with Gasteiger partial charge in [-0.2, -0.15) is 4.31 Å². The average molecular weight is 371 g/mol. The van der Waals surface area contributed by atoms with Gasteiger partial charge in [0.25, 0.3) is 10.0 Å². The molecule has 5 nitrogen and oxygen atoms in total. The molecule has 23 heavy (non-hydrogen) atoms. The molecule has 1 aliphatic heterocycles. The van der Waals surface area contributed by atoms with Crippen LogP contribution in [0.25, 0.3) is 0 Å². The lowest BCUT2D eigenvalue weighted by Crippen LogP contribution is -2.42. The summed E-state index contributed by atoms with van der Waals surface area (Å²) < 4.78 is 26.9. The summed E-state index contributed by atoms with van der Waals surface area (Å²) in [6.45, 7) is 0.360. The van der Waals surface area contributed by atoms with E-state index < -0.39 is 16.1 Å². The van der Waals surface area contributed by atoms with E-state index in [1.165, 1.54) is 4.31 Å². The summed E-state index contributed by atoms with van der Waals surface area (Å²) >= 11 is 6.98. The third kappa shape index (κ3) is 3.42. The van der Waals surface area contributed by atoms with Gasteiger partial charge >= 0.3 is 0 Å². The second-order valence-corrected chi connectivity index (χ2v) is 8.70. The third-order valence-corrected chi connectivity index (χ3v) is 7.21. The van der Waals surface area contributed by atoms with Gasteiger partial charge in [-0.1, -0.05) is 17.7 Å². The second kappa shape index (κ2) is 6.60. The number of halogens is 1. The van der Waals surface area contributed by atoms with E-state index in [-0.39, 0.29) is 10.1 Å². The van der Waals surface area contributed by atoms with E-state index in [1.807, 2.05) is 0 Å². The average Bonchev–Trinajstić information content (AvgIpc) is 3.21. The Kier molecular flexibility index (Phi) is 4.72. The van der Waals surface area contributed by atoms with E-state index in [9.17, 15) is 13.2 Å². The fourth-order valence-corrected chi connectivity index (χ4v) is 5.48. The predicted molar refractivity (Wildman–Crippen MR) is 91.3 cm³/mol. The maximum absolute atomic E-state index is 12.6. The standard InChI is InChI=1S/C15H15ClN2O3S2/c16-11-5-7-12(8-6-11)17-15(19)13-3-1-9-18(13)23(20,21)14-4-2-10-22-14/h2,4-8,10,13H,1,3,9H2,(H,17,19)/t13-/m1/s1. The lowest BCUT2D eigenvalue weighted by Gasteiger charge is -2.22. The Morgan fingerprint density at radius 3 is 2.65 bits per heavy atom. The Morgan fingerprint density at radius 1 is 1.26 bits per heavy atom. The van der Waals surface area contributed by atoms with E-state index in [1.54, 1.807) is 41.8 Å². The van der Waals surface area contributed by atoms with Crippen LogP contribution < -0.4 is 5.32 Å². The molecule has 2 heterocycles. The number of benzene rings is 1. The molecule has 0 spiro atoms. The van der Waals surface area contributed by atoms with Crippen molar-refractivity contribution in [1.82, 2.24) is 4.31 Å². The summed E-state index contributed by atoms with van der Waals surface area (Å²) in [6, 6.07) is 9.29. The number of amides is 1. The molecule has 1 fully saturated rings. The summed E-state index contributed by atoms with van der Waals surface area (Å²) in [5.41, 5.74) is 0.597. The summed E-state index contributed by atoms with van der Waals surface area (Å²) in [5.74, 6) is -0.315. The molecule has 0 saturated carbocycles. The van der Waals surface area contributed by atoms with Crippen molar-refractivity contribution in [3.63, 3.8) is 0 Å². The minimum Gasteiger partial charge on any atom is -0.325 e. The Bertz CT molecular complexity index is 789. The topological polar surface area (TPSA) is 66.5 Å². The molecule has 1 amide bonds. The van der Waals surface area contributed by atoms with Gasteiger partial charge in [0.05, 0.1) is 0 Å². The molecule has 1 aliphatic rings. The fraction of sp³-hybridized carbons (Fsp3) is 0.267. The second-order valence-electron chi connectivity index (χ2n) is 5.20. The molecule has 3 rings (SSSR count). The van der Waals surface area contributed by atoms with Crippen molar-refractivity contribution in [3.8, 4) is 0 Å². The number of carbonyl (C=O) groups is 1. The molecule has 1 aromatic carbocycles. The van der Waals surface area contributed by atoms with E-state index in [4.69, 9.17) is 11.6 Å². The molecule has 0 bridgehead atoms. The summed E-state index contributed by atoms with van der Waals surface area (Å²) in [5, 5.41) is 5.05. The van der Waals surface area contributed by atoms with Gasteiger partial charge in [0, 0.05) is 17.3 Å². The summed E-state index contributed by atoms with van der Waals surface area (Å²) in [7, 11) is -3.62. The van der Waals surface area contributed by atoms with Gasteiger partial charge in [0.15, 0.2) is 0 Å². The molecule has 0 aliphatic carbocycles. The lowest BCUT2D eigenvalue weighted by atomic mass is 10.2. The first-order chi connectivity index (χ1) is 11.0. The SMILES string of the molecule is O=C(Nc1ccc(Cl)cc1)[C@H]1CCCN1S(=O)(=O)c1cccs1. The predicted octanol–water partition coefficient (Wildman–Crippen LogP) is 3.19. The number of thiophene rings is 1. The number of carbonyl (C=O) groups excluding carboxylic acids is 1. The molecule has 1 saturated heterocycles. The smallest absolute Gasteiger partial charge is 0.253 e. The number of nitrogens with one attached hydrogen (secondary N) is 1. The van der Waals surface area contributed by atoms with Gasteiger partial charge in [-0.05, 0) is 48.6 Å². The molecule has 1 N–H and O–H groups in total. The number of sulfonamides is 1. The van der Waals surface area contributed by atoms with E-state index in [0.29, 0.717) is 30.1 Å². The van der Waals surface area contributed by atoms with E-state index in [0.717, 1.165) is 11.3 Å². The fourth-order valence-electron chi connectivity index (χ4n) is 2.57. The zero-order valence-corrected chi connectivity index (χ0v) is 14.5. The summed E-state index contributed by atoms with van der Waals surface area (Å²) in [6.07, 6.45) is 1.19. The molecule has 8 heteroatoms. The van der Waals surface area contributed by atoms with E-state index >= 15 is 0 Å². The molecule has 2 aromatic rings. The van der Waals surface area contributed by atoms with Crippen LogP contribution in [0.5, 0.6) is 0 Å². The normalized spacial score (nSPS) is 18.9. The van der Waals surface area contributed by atoms with Gasteiger partial charge in [0.1, 0.15) is 10.3 Å². The van der Waals surface area contributed by atoms with Crippen LogP contribution in [0.4, 0.5) is 5.69 Å². The number of hydrogen-bond donors (Lipinski definition) is 1. The highest BCUT2D eigenvalue weighted by Gasteiger charge is 2.39. The highest BCUT2D eigenvalue weighted by atomic mass is 35.5. The zero-order chi connectivity index (χ0) is 16.4. The highest BCUT2D eigenvalue weighted by molar-refractivity contribution is 7.91. The van der Waals surface area contributed by atoms with Crippen molar-refractivity contribution < 1.29 is 13.2 Å². The van der Waals surface area contributed by atoms with Crippen molar-refractivity contribution in [2.24, 2.45) is 0 Å². The van der Waals surface area contributed by atoms with Gasteiger partial charge in [0.2, 0.25) is 5.91 Å². The van der Waals surface area contributed by atoms with Crippen LogP contribution in [0.15, 0.2) is 46.0 Å². The first kappa shape index (κ1) is 16.4. The first-order valence-corrected chi connectivity index (χ1v) is 9.80. The Morgan fingerprint density at radius 2 is 2.00 bits per heavy atom. The number of nitrogens with zero attached hydrogens (tertiary/aromatic N) is 1. The third-order valence-electron chi connectivity index (χ3n) is 3.68. The van der Waals surface area contributed by atoms with Crippen LogP contribution in [0.1, 0.15) is 12.8 Å². The van der Waals surface area contributed by atoms with Gasteiger partial charge < -0.3 is 5.32 Å². The first-order valence-electron chi connectivity index (χ1n) is 7.10. The van der Waals surface area contributed by atoms with Crippen LogP contribution in [-0.4, -0.2) is 31.2 Å². The van der Waals surface area contributed by atoms with Crippen LogP contribution in [-0.2, 0) is 14.8 Å². The van der Waals surface area contributed by atoms with Crippen LogP contribution in [0, 0.1) is 0 Å². The molecular weight excluding hydrogens is 356 g/mol. The van der Waals surface area contributed by atoms with Crippen molar-refractivity contribution >= 4 is 44.6 Å². The quantitative estimate of drug-likeness (QED) is 0.898. The lowest BCUT2D eigenvalue weighted by molar-refractivity contribution is -0.119. The zero-order valence-electron chi connectivity index (χ0n) is 12.1. The molecule has 1 atom stereocenters. The maximum Gasteiger partial charge on any atom is 0.253 e. The molecule has 1 aromatic heterocycles. The van der Waals surface area contributed by atoms with Gasteiger partial charge in [-0.3, -0.25) is 4.79 Å². The molecular formula is C15H15ClN2O3S2. The van der Waals surface area contributed by atoms with Gasteiger partial charge in [-0.25, -0.2) is 8.42 Å². The molecule has 0 unspecified atom stereocenters. The highest BCUT2D eigenvalue weighted by Crippen LogP contribution is 2.29. The summed E-state index contributed by atoms with van der Waals surface area (Å²) in [4.78, 5) is 12.5. The number of anilines is 1. The van der Waals surface area contributed by atoms with Crippen LogP contribution >= 0.6 is 22.9 Å². The minimum absolute atomic E-state index is 0.267. The maximum atomic E-state index is 12.6. The van der Waals surface area contributed by atoms with E-state index in [2.05, 4.69) is 5.32 Å². The van der Waals surface area contributed by atoms with Crippen molar-refractivity contribution in [3.05, 3.63) is 46.8 Å². The van der Waals surface area contributed by atoms with Gasteiger partial charge in [-0.15, -0.1) is 11.3 Å². The molecule has 0 radical (unpaired) electrons. The molecule has 122 valence electrons. The Hall–Kier alpha value is -1.41. The largest absolute Gasteiger partial charge is 0.325 e. The number of hydrogen-bond acceptors (Lipinski definition) is 4. The number of rotatable bonds is 4. The van der Waals surface area contributed by atoms with Crippen molar-refractivity contribution in [1.29, 1.82) is 0 Å². The Labute approximate surface area is 143 Å². The Balaban J connectivity index is 1.79. The monoisotopic (exact) mass is 370 g/mol. The van der Waals surface area contributed by atoms with Crippen LogP contribution in [0.2, 0.25) is 5.02 Å². The van der Waals surface area contributed by atoms with Crippen molar-refractivity contribution in [2.45, 2.75) is 23.1 Å². The van der Waals surface area contributed by atoms with Crippen LogP contribution in [0.3, 0.4) is 0 Å².